The van der Waals surface area contributed by atoms with Gasteiger partial charge in [0.1, 0.15) is 5.52 Å². The molecule has 3 heteroatoms. The molecule has 0 atom stereocenters. The van der Waals surface area contributed by atoms with Crippen LogP contribution >= 0.6 is 0 Å². The highest BCUT2D eigenvalue weighted by molar-refractivity contribution is 6.10. The molecule has 0 spiro atoms. The van der Waals surface area contributed by atoms with E-state index in [4.69, 9.17) is 9.40 Å². The summed E-state index contributed by atoms with van der Waals surface area (Å²) >= 11 is 0. The molecule has 0 fully saturated rings. The number of benzene rings is 4. The Hall–Kier alpha value is -3.85. The molecule has 31 heavy (non-hydrogen) atoms. The number of aryl methyl sites for hydroxylation is 3. The van der Waals surface area contributed by atoms with Gasteiger partial charge in [0.2, 0.25) is 5.89 Å². The molecule has 0 N–H and O–H groups in total. The van der Waals surface area contributed by atoms with Crippen LogP contribution in [0.25, 0.3) is 50.0 Å². The number of hydrogen-bond acceptors (Lipinski definition) is 2. The summed E-state index contributed by atoms with van der Waals surface area (Å²) in [7, 11) is 0. The Balaban J connectivity index is 1.66. The van der Waals surface area contributed by atoms with Gasteiger partial charge in [-0.1, -0.05) is 48.0 Å². The molecule has 6 rings (SSSR count). The standard InChI is InChI=1S/C28H22N2O/c1-17-14-18(2)27(19(3)15-17)30-24-10-6-4-8-21(24)22-16-20(12-13-25(22)30)28-29-23-9-5-7-11-26(23)31-28/h4-16H,1-3H3. The number of rotatable bonds is 2. The Labute approximate surface area is 180 Å². The quantitative estimate of drug-likeness (QED) is 0.300. The Morgan fingerprint density at radius 1 is 0.710 bits per heavy atom. The summed E-state index contributed by atoms with van der Waals surface area (Å²) < 4.78 is 8.43. The second-order valence-electron chi connectivity index (χ2n) is 8.32. The van der Waals surface area contributed by atoms with Crippen LogP contribution in [0.3, 0.4) is 0 Å². The van der Waals surface area contributed by atoms with Gasteiger partial charge in [0.15, 0.2) is 5.58 Å². The second kappa shape index (κ2) is 6.58. The van der Waals surface area contributed by atoms with Gasteiger partial charge >= 0.3 is 0 Å². The van der Waals surface area contributed by atoms with E-state index in [0.717, 1.165) is 16.7 Å². The fourth-order valence-corrected chi connectivity index (χ4v) is 4.87. The van der Waals surface area contributed by atoms with Gasteiger partial charge in [0.05, 0.1) is 16.7 Å². The summed E-state index contributed by atoms with van der Waals surface area (Å²) in [5.41, 5.74) is 10.2. The summed E-state index contributed by atoms with van der Waals surface area (Å²) in [5, 5.41) is 2.43. The molecule has 0 saturated carbocycles. The van der Waals surface area contributed by atoms with Crippen molar-refractivity contribution in [2.24, 2.45) is 0 Å². The summed E-state index contributed by atoms with van der Waals surface area (Å²) in [6, 6.07) is 27.5. The summed E-state index contributed by atoms with van der Waals surface area (Å²) in [5.74, 6) is 0.655. The van der Waals surface area contributed by atoms with Crippen molar-refractivity contribution in [3.8, 4) is 17.1 Å². The third-order valence-corrected chi connectivity index (χ3v) is 6.07. The van der Waals surface area contributed by atoms with Crippen molar-refractivity contribution in [2.75, 3.05) is 0 Å². The summed E-state index contributed by atoms with van der Waals surface area (Å²) in [6.07, 6.45) is 0. The van der Waals surface area contributed by atoms with E-state index in [1.165, 1.54) is 44.2 Å². The normalized spacial score (nSPS) is 11.7. The Bertz CT molecular complexity index is 1560. The molecule has 0 saturated heterocycles. The van der Waals surface area contributed by atoms with Crippen LogP contribution in [-0.4, -0.2) is 9.55 Å². The second-order valence-corrected chi connectivity index (χ2v) is 8.32. The molecule has 0 bridgehead atoms. The third-order valence-electron chi connectivity index (χ3n) is 6.07. The zero-order chi connectivity index (χ0) is 21.1. The van der Waals surface area contributed by atoms with E-state index >= 15 is 0 Å². The lowest BCUT2D eigenvalue weighted by Gasteiger charge is -2.15. The van der Waals surface area contributed by atoms with E-state index in [0.29, 0.717) is 5.89 Å². The van der Waals surface area contributed by atoms with E-state index in [1.807, 2.05) is 24.3 Å². The van der Waals surface area contributed by atoms with Crippen LogP contribution in [0.5, 0.6) is 0 Å². The molecule has 0 amide bonds. The van der Waals surface area contributed by atoms with Gasteiger partial charge < -0.3 is 8.98 Å². The maximum atomic E-state index is 6.04. The fraction of sp³-hybridized carbons (Fsp3) is 0.107. The van der Waals surface area contributed by atoms with Gasteiger partial charge in [0.25, 0.3) is 0 Å². The molecular formula is C28H22N2O. The predicted molar refractivity (Wildman–Crippen MR) is 128 cm³/mol. The van der Waals surface area contributed by atoms with Crippen LogP contribution in [0.15, 0.2) is 83.3 Å². The average molecular weight is 402 g/mol. The van der Waals surface area contributed by atoms with E-state index in [-0.39, 0.29) is 0 Å². The lowest BCUT2D eigenvalue weighted by atomic mass is 10.0. The summed E-state index contributed by atoms with van der Waals surface area (Å²) in [4.78, 5) is 4.70. The van der Waals surface area contributed by atoms with Crippen LogP contribution in [0.1, 0.15) is 16.7 Å². The molecule has 150 valence electrons. The first kappa shape index (κ1) is 18.0. The highest BCUT2D eigenvalue weighted by Crippen LogP contribution is 2.37. The molecule has 0 radical (unpaired) electrons. The highest BCUT2D eigenvalue weighted by Gasteiger charge is 2.17. The number of hydrogen-bond donors (Lipinski definition) is 0. The van der Waals surface area contributed by atoms with Crippen molar-refractivity contribution in [3.05, 3.63) is 95.6 Å². The van der Waals surface area contributed by atoms with Gasteiger partial charge in [-0.25, -0.2) is 4.98 Å². The molecular weight excluding hydrogens is 380 g/mol. The molecule has 0 unspecified atom stereocenters. The smallest absolute Gasteiger partial charge is 0.227 e. The zero-order valence-corrected chi connectivity index (χ0v) is 17.8. The number of fused-ring (bicyclic) bond motifs is 4. The van der Waals surface area contributed by atoms with Crippen molar-refractivity contribution in [2.45, 2.75) is 20.8 Å². The average Bonchev–Trinajstić information content (AvgIpc) is 3.33. The number of aromatic nitrogens is 2. The fourth-order valence-electron chi connectivity index (χ4n) is 4.87. The molecule has 2 aromatic heterocycles. The first-order chi connectivity index (χ1) is 15.1. The molecule has 3 nitrogen and oxygen atoms in total. The zero-order valence-electron chi connectivity index (χ0n) is 17.8. The Kier molecular flexibility index (Phi) is 3.81. The van der Waals surface area contributed by atoms with Crippen molar-refractivity contribution in [3.63, 3.8) is 0 Å². The van der Waals surface area contributed by atoms with Crippen molar-refractivity contribution < 1.29 is 4.42 Å². The van der Waals surface area contributed by atoms with Crippen LogP contribution in [0.4, 0.5) is 0 Å². The molecule has 4 aromatic carbocycles. The van der Waals surface area contributed by atoms with Crippen LogP contribution < -0.4 is 0 Å². The number of nitrogens with zero attached hydrogens (tertiary/aromatic N) is 2. The monoisotopic (exact) mass is 402 g/mol. The molecule has 0 aliphatic heterocycles. The van der Waals surface area contributed by atoms with Crippen LogP contribution in [-0.2, 0) is 0 Å². The van der Waals surface area contributed by atoms with Gasteiger partial charge in [-0.05, 0) is 68.3 Å². The molecule has 2 heterocycles. The molecule has 6 aromatic rings. The van der Waals surface area contributed by atoms with Gasteiger partial charge in [0, 0.05) is 16.3 Å². The predicted octanol–water partition coefficient (Wildman–Crippen LogP) is 7.52. The topological polar surface area (TPSA) is 31.0 Å². The minimum Gasteiger partial charge on any atom is -0.436 e. The number of para-hydroxylation sites is 3. The lowest BCUT2D eigenvalue weighted by Crippen LogP contribution is -2.00. The van der Waals surface area contributed by atoms with Crippen molar-refractivity contribution in [1.29, 1.82) is 0 Å². The minimum atomic E-state index is 0.655. The molecule has 0 aliphatic rings. The summed E-state index contributed by atoms with van der Waals surface area (Å²) in [6.45, 7) is 6.55. The Morgan fingerprint density at radius 2 is 1.42 bits per heavy atom. The minimum absolute atomic E-state index is 0.655. The maximum absolute atomic E-state index is 6.04. The lowest BCUT2D eigenvalue weighted by molar-refractivity contribution is 0.620. The van der Waals surface area contributed by atoms with Gasteiger partial charge in [-0.2, -0.15) is 0 Å². The van der Waals surface area contributed by atoms with Crippen LogP contribution in [0, 0.1) is 20.8 Å². The first-order valence-electron chi connectivity index (χ1n) is 10.6. The Morgan fingerprint density at radius 3 is 2.23 bits per heavy atom. The number of oxazole rings is 1. The third kappa shape index (κ3) is 2.70. The highest BCUT2D eigenvalue weighted by atomic mass is 16.3. The van der Waals surface area contributed by atoms with E-state index in [2.05, 4.69) is 79.9 Å². The van der Waals surface area contributed by atoms with E-state index in [9.17, 15) is 0 Å². The van der Waals surface area contributed by atoms with Crippen LogP contribution in [0.2, 0.25) is 0 Å². The van der Waals surface area contributed by atoms with E-state index in [1.54, 1.807) is 0 Å². The van der Waals surface area contributed by atoms with Crippen molar-refractivity contribution >= 4 is 32.9 Å². The van der Waals surface area contributed by atoms with E-state index < -0.39 is 0 Å². The maximum Gasteiger partial charge on any atom is 0.227 e. The van der Waals surface area contributed by atoms with Gasteiger partial charge in [-0.3, -0.25) is 0 Å². The molecule has 0 aliphatic carbocycles. The van der Waals surface area contributed by atoms with Crippen molar-refractivity contribution in [1.82, 2.24) is 9.55 Å². The largest absolute Gasteiger partial charge is 0.436 e. The van der Waals surface area contributed by atoms with Gasteiger partial charge in [-0.15, -0.1) is 0 Å². The first-order valence-corrected chi connectivity index (χ1v) is 10.6. The SMILES string of the molecule is Cc1cc(C)c(-n2c3ccccc3c3cc(-c4nc5ccccc5o4)ccc32)c(C)c1.